The Morgan fingerprint density at radius 1 is 1.24 bits per heavy atom. The number of aromatic nitrogens is 2. The molecule has 0 unspecified atom stereocenters. The Kier molecular flexibility index (Phi) is 3.79. The van der Waals surface area contributed by atoms with Gasteiger partial charge in [-0.15, -0.1) is 0 Å². The summed E-state index contributed by atoms with van der Waals surface area (Å²) >= 11 is 0. The lowest BCUT2D eigenvalue weighted by atomic mass is 10.3. The summed E-state index contributed by atoms with van der Waals surface area (Å²) in [6.07, 6.45) is 1.01. The van der Waals surface area contributed by atoms with Crippen LogP contribution in [0, 0.1) is 10.1 Å². The van der Waals surface area contributed by atoms with Gasteiger partial charge in [-0.1, -0.05) is 0 Å². The molecular weight excluding hydrogens is 282 g/mol. The van der Waals surface area contributed by atoms with E-state index in [4.69, 9.17) is 0 Å². The number of anilines is 1. The number of nitro groups is 1. The molecule has 0 fully saturated rings. The maximum Gasteiger partial charge on any atom is 0.328 e. The van der Waals surface area contributed by atoms with Crippen molar-refractivity contribution in [2.24, 2.45) is 5.10 Å². The second-order valence-electron chi connectivity index (χ2n) is 3.84. The molecule has 108 valence electrons. The number of nitrogens with one attached hydrogen (secondary N) is 3. The van der Waals surface area contributed by atoms with Gasteiger partial charge in [0.25, 0.3) is 11.2 Å². The van der Waals surface area contributed by atoms with Crippen molar-refractivity contribution in [2.75, 3.05) is 5.43 Å². The molecule has 0 amide bonds. The molecule has 0 saturated heterocycles. The Bertz CT molecular complexity index is 805. The standard InChI is InChI=1S/C11H9N5O5/c17-9-8(10(18)14-11(19)13-9)5-12-15-6-1-3-7(4-2-6)16(20)21/h1-5,15H,(H3,13,14,17,18,19)/b12-5-. The zero-order chi connectivity index (χ0) is 15.4. The molecule has 1 aromatic heterocycles. The van der Waals surface area contributed by atoms with E-state index in [-0.39, 0.29) is 11.3 Å². The van der Waals surface area contributed by atoms with Crippen molar-refractivity contribution in [3.63, 3.8) is 0 Å². The minimum absolute atomic E-state index is 0.0701. The normalized spacial score (nSPS) is 10.7. The Morgan fingerprint density at radius 3 is 2.48 bits per heavy atom. The first-order valence-electron chi connectivity index (χ1n) is 5.56. The van der Waals surface area contributed by atoms with E-state index in [0.29, 0.717) is 5.69 Å². The van der Waals surface area contributed by atoms with Gasteiger partial charge < -0.3 is 5.11 Å². The van der Waals surface area contributed by atoms with Crippen LogP contribution in [0.3, 0.4) is 0 Å². The van der Waals surface area contributed by atoms with Crippen LogP contribution in [-0.4, -0.2) is 26.2 Å². The number of hydrogen-bond acceptors (Lipinski definition) is 7. The molecular formula is C11H9N5O5. The lowest BCUT2D eigenvalue weighted by Crippen LogP contribution is -2.25. The lowest BCUT2D eigenvalue weighted by molar-refractivity contribution is -0.384. The van der Waals surface area contributed by atoms with E-state index in [1.54, 1.807) is 0 Å². The quantitative estimate of drug-likeness (QED) is 0.356. The van der Waals surface area contributed by atoms with E-state index in [1.165, 1.54) is 24.3 Å². The van der Waals surface area contributed by atoms with Gasteiger partial charge in [0.2, 0.25) is 5.88 Å². The van der Waals surface area contributed by atoms with Crippen LogP contribution in [0.4, 0.5) is 11.4 Å². The first-order chi connectivity index (χ1) is 9.97. The molecule has 0 atom stereocenters. The Morgan fingerprint density at radius 2 is 1.90 bits per heavy atom. The van der Waals surface area contributed by atoms with E-state index in [9.17, 15) is 24.8 Å². The van der Waals surface area contributed by atoms with Gasteiger partial charge in [0, 0.05) is 12.1 Å². The molecule has 10 nitrogen and oxygen atoms in total. The molecule has 0 saturated carbocycles. The van der Waals surface area contributed by atoms with Crippen molar-refractivity contribution >= 4 is 17.6 Å². The third-order valence-corrected chi connectivity index (χ3v) is 2.42. The van der Waals surface area contributed by atoms with Crippen LogP contribution in [0.15, 0.2) is 39.0 Å². The number of non-ortho nitro benzene ring substituents is 1. The zero-order valence-corrected chi connectivity index (χ0v) is 10.4. The van der Waals surface area contributed by atoms with E-state index in [2.05, 4.69) is 10.5 Å². The summed E-state index contributed by atoms with van der Waals surface area (Å²) < 4.78 is 0. The number of aromatic hydroxyl groups is 1. The molecule has 21 heavy (non-hydrogen) atoms. The fraction of sp³-hybridized carbons (Fsp3) is 0. The van der Waals surface area contributed by atoms with Gasteiger partial charge in [0.05, 0.1) is 16.8 Å². The summed E-state index contributed by atoms with van der Waals surface area (Å²) in [6.45, 7) is 0. The van der Waals surface area contributed by atoms with Crippen LogP contribution in [0.2, 0.25) is 0 Å². The summed E-state index contributed by atoms with van der Waals surface area (Å²) in [5.74, 6) is -0.613. The predicted octanol–water partition coefficient (Wildman–Crippen LogP) is 0.123. The number of H-pyrrole nitrogens is 2. The third kappa shape index (κ3) is 3.32. The van der Waals surface area contributed by atoms with Crippen molar-refractivity contribution in [2.45, 2.75) is 0 Å². The Labute approximate surface area is 115 Å². The monoisotopic (exact) mass is 291 g/mol. The van der Waals surface area contributed by atoms with Gasteiger partial charge in [-0.05, 0) is 12.1 Å². The van der Waals surface area contributed by atoms with Crippen molar-refractivity contribution in [3.05, 3.63) is 60.8 Å². The Balaban J connectivity index is 2.14. The van der Waals surface area contributed by atoms with Crippen LogP contribution in [0.5, 0.6) is 5.88 Å². The molecule has 4 N–H and O–H groups in total. The fourth-order valence-electron chi connectivity index (χ4n) is 1.43. The number of benzene rings is 1. The number of rotatable bonds is 4. The zero-order valence-electron chi connectivity index (χ0n) is 10.4. The van der Waals surface area contributed by atoms with Crippen molar-refractivity contribution in [1.82, 2.24) is 9.97 Å². The average molecular weight is 291 g/mol. The summed E-state index contributed by atoms with van der Waals surface area (Å²) in [7, 11) is 0. The maximum absolute atomic E-state index is 11.4. The Hall–Kier alpha value is -3.43. The minimum Gasteiger partial charge on any atom is -0.494 e. The number of nitro benzene ring substituents is 1. The van der Waals surface area contributed by atoms with Gasteiger partial charge in [0.1, 0.15) is 5.56 Å². The molecule has 10 heteroatoms. The summed E-state index contributed by atoms with van der Waals surface area (Å²) in [5, 5.41) is 23.6. The van der Waals surface area contributed by atoms with Crippen LogP contribution >= 0.6 is 0 Å². The minimum atomic E-state index is -0.835. The van der Waals surface area contributed by atoms with Crippen molar-refractivity contribution in [3.8, 4) is 5.88 Å². The van der Waals surface area contributed by atoms with Crippen LogP contribution in [0.1, 0.15) is 5.56 Å². The maximum atomic E-state index is 11.4. The highest BCUT2D eigenvalue weighted by molar-refractivity contribution is 5.82. The van der Waals surface area contributed by atoms with Crippen LogP contribution < -0.4 is 16.7 Å². The van der Waals surface area contributed by atoms with Gasteiger partial charge in [0.15, 0.2) is 0 Å². The van der Waals surface area contributed by atoms with Crippen molar-refractivity contribution in [1.29, 1.82) is 0 Å². The average Bonchev–Trinajstić information content (AvgIpc) is 2.42. The lowest BCUT2D eigenvalue weighted by Gasteiger charge is -1.99. The molecule has 0 aliphatic heterocycles. The largest absolute Gasteiger partial charge is 0.494 e. The van der Waals surface area contributed by atoms with Gasteiger partial charge in [-0.3, -0.25) is 30.3 Å². The highest BCUT2D eigenvalue weighted by Gasteiger charge is 2.06. The first-order valence-corrected chi connectivity index (χ1v) is 5.56. The van der Waals surface area contributed by atoms with Gasteiger partial charge >= 0.3 is 5.69 Å². The number of hydrazone groups is 1. The smallest absolute Gasteiger partial charge is 0.328 e. The summed E-state index contributed by atoms with van der Waals surface area (Å²) in [5.41, 5.74) is 1.02. The second kappa shape index (κ2) is 5.69. The molecule has 0 spiro atoms. The molecule has 2 rings (SSSR count). The van der Waals surface area contributed by atoms with Crippen molar-refractivity contribution < 1.29 is 10.0 Å². The molecule has 0 aliphatic carbocycles. The van der Waals surface area contributed by atoms with E-state index in [0.717, 1.165) is 6.21 Å². The summed E-state index contributed by atoms with van der Waals surface area (Å²) in [6, 6.07) is 5.41. The molecule has 1 aromatic carbocycles. The molecule has 0 aliphatic rings. The van der Waals surface area contributed by atoms with Crippen LogP contribution in [-0.2, 0) is 0 Å². The van der Waals surface area contributed by atoms with E-state index in [1.807, 2.05) is 9.97 Å². The predicted molar refractivity (Wildman–Crippen MR) is 73.7 cm³/mol. The highest BCUT2D eigenvalue weighted by Crippen LogP contribution is 2.15. The number of nitrogens with zero attached hydrogens (tertiary/aromatic N) is 2. The number of hydrogen-bond donors (Lipinski definition) is 4. The van der Waals surface area contributed by atoms with Crippen LogP contribution in [0.25, 0.3) is 0 Å². The van der Waals surface area contributed by atoms with Gasteiger partial charge in [-0.25, -0.2) is 4.79 Å². The van der Waals surface area contributed by atoms with Gasteiger partial charge in [-0.2, -0.15) is 5.10 Å². The highest BCUT2D eigenvalue weighted by atomic mass is 16.6. The SMILES string of the molecule is O=c1[nH]c(O)c(/C=N\Nc2ccc([N+](=O)[O-])cc2)c(=O)[nH]1. The van der Waals surface area contributed by atoms with E-state index >= 15 is 0 Å². The summed E-state index contributed by atoms with van der Waals surface area (Å²) in [4.78, 5) is 36.1. The number of aromatic amines is 2. The van der Waals surface area contributed by atoms with E-state index < -0.39 is 22.1 Å². The molecule has 1 heterocycles. The molecule has 0 bridgehead atoms. The topological polar surface area (TPSA) is 153 Å². The third-order valence-electron chi connectivity index (χ3n) is 2.42. The second-order valence-corrected chi connectivity index (χ2v) is 3.84. The fourth-order valence-corrected chi connectivity index (χ4v) is 1.43. The molecule has 2 aromatic rings. The first kappa shape index (κ1) is 14.0. The molecule has 0 radical (unpaired) electrons.